The molecule has 0 radical (unpaired) electrons. The topological polar surface area (TPSA) is 118 Å². The first-order valence-electron chi connectivity index (χ1n) is 10.6. The van der Waals surface area contributed by atoms with Crippen LogP contribution in [-0.4, -0.2) is 56.9 Å². The maximum Gasteiger partial charge on any atom is 0.414 e. The van der Waals surface area contributed by atoms with Gasteiger partial charge in [-0.1, -0.05) is 66.7 Å². The summed E-state index contributed by atoms with van der Waals surface area (Å²) in [6, 6.07) is 26.2. The molecule has 7 nitrogen and oxygen atoms in total. The van der Waals surface area contributed by atoms with Crippen molar-refractivity contribution >= 4 is 11.9 Å². The van der Waals surface area contributed by atoms with Gasteiger partial charge in [0.25, 0.3) is 0 Å². The van der Waals surface area contributed by atoms with Crippen LogP contribution in [0.2, 0.25) is 0 Å². The molecular formula is C26H29NO6. The Hall–Kier alpha value is -3.84. The van der Waals surface area contributed by atoms with Crippen LogP contribution in [0.1, 0.15) is 16.7 Å². The average molecular weight is 452 g/mol. The molecule has 3 aromatic carbocycles. The van der Waals surface area contributed by atoms with Crippen LogP contribution in [-0.2, 0) is 28.9 Å². The van der Waals surface area contributed by atoms with E-state index in [4.69, 9.17) is 19.8 Å². The van der Waals surface area contributed by atoms with Gasteiger partial charge in [0.1, 0.15) is 0 Å². The van der Waals surface area contributed by atoms with Crippen LogP contribution < -0.4 is 0 Å². The van der Waals surface area contributed by atoms with Crippen molar-refractivity contribution in [1.82, 2.24) is 4.90 Å². The third-order valence-electron chi connectivity index (χ3n) is 5.06. The average Bonchev–Trinajstić information content (AvgIpc) is 2.82. The van der Waals surface area contributed by atoms with Crippen LogP contribution in [0.3, 0.4) is 0 Å². The molecule has 0 atom stereocenters. The SMILES string of the molecule is O=C(O)C(=O)O.Oc1ccc(CCN(CCc2ccccc2)CCc2ccccc2)cc1O. The van der Waals surface area contributed by atoms with Gasteiger partial charge in [0.2, 0.25) is 0 Å². The van der Waals surface area contributed by atoms with Crippen molar-refractivity contribution in [3.63, 3.8) is 0 Å². The summed E-state index contributed by atoms with van der Waals surface area (Å²) < 4.78 is 0. The van der Waals surface area contributed by atoms with Gasteiger partial charge in [-0.25, -0.2) is 9.59 Å². The molecule has 0 aliphatic rings. The van der Waals surface area contributed by atoms with E-state index in [1.807, 2.05) is 18.2 Å². The fourth-order valence-electron chi connectivity index (χ4n) is 3.21. The first kappa shape index (κ1) is 25.4. The number of aromatic hydroxyl groups is 2. The summed E-state index contributed by atoms with van der Waals surface area (Å²) in [5.41, 5.74) is 3.74. The van der Waals surface area contributed by atoms with Gasteiger partial charge in [-0.15, -0.1) is 0 Å². The lowest BCUT2D eigenvalue weighted by Gasteiger charge is -2.22. The van der Waals surface area contributed by atoms with E-state index in [0.29, 0.717) is 0 Å². The van der Waals surface area contributed by atoms with E-state index in [-0.39, 0.29) is 11.5 Å². The largest absolute Gasteiger partial charge is 0.504 e. The first-order valence-corrected chi connectivity index (χ1v) is 10.6. The summed E-state index contributed by atoms with van der Waals surface area (Å²) in [4.78, 5) is 20.7. The van der Waals surface area contributed by atoms with Gasteiger partial charge in [-0.3, -0.25) is 0 Å². The molecule has 174 valence electrons. The Kier molecular flexibility index (Phi) is 10.4. The Morgan fingerprint density at radius 1 is 0.576 bits per heavy atom. The molecule has 0 aliphatic carbocycles. The van der Waals surface area contributed by atoms with E-state index in [1.165, 1.54) is 11.1 Å². The molecule has 0 bridgehead atoms. The molecule has 4 N–H and O–H groups in total. The maximum atomic E-state index is 9.71. The molecule has 0 aliphatic heterocycles. The van der Waals surface area contributed by atoms with Crippen LogP contribution >= 0.6 is 0 Å². The molecule has 3 rings (SSSR count). The van der Waals surface area contributed by atoms with E-state index < -0.39 is 11.9 Å². The Balaban J connectivity index is 0.000000569. The molecule has 7 heteroatoms. The second kappa shape index (κ2) is 13.5. The van der Waals surface area contributed by atoms with Gasteiger partial charge in [0.05, 0.1) is 0 Å². The summed E-state index contributed by atoms with van der Waals surface area (Å²) >= 11 is 0. The van der Waals surface area contributed by atoms with Gasteiger partial charge in [0.15, 0.2) is 11.5 Å². The highest BCUT2D eigenvalue weighted by molar-refractivity contribution is 6.27. The monoisotopic (exact) mass is 451 g/mol. The predicted octanol–water partition coefficient (Wildman–Crippen LogP) is 3.58. The van der Waals surface area contributed by atoms with Crippen molar-refractivity contribution < 1.29 is 30.0 Å². The van der Waals surface area contributed by atoms with Crippen LogP contribution in [0.25, 0.3) is 0 Å². The highest BCUT2D eigenvalue weighted by atomic mass is 16.4. The highest BCUT2D eigenvalue weighted by Gasteiger charge is 2.08. The minimum absolute atomic E-state index is 0.0485. The second-order valence-electron chi connectivity index (χ2n) is 7.50. The lowest BCUT2D eigenvalue weighted by atomic mass is 10.1. The van der Waals surface area contributed by atoms with Crippen molar-refractivity contribution in [2.75, 3.05) is 19.6 Å². The molecular weight excluding hydrogens is 422 g/mol. The standard InChI is InChI=1S/C24H27NO2.C2H2O4/c26-23-12-11-22(19-24(23)27)15-18-25(16-13-20-7-3-1-4-8-20)17-14-21-9-5-2-6-10-21;3-1(4)2(5)6/h1-12,19,26-27H,13-18H2;(H,3,4)(H,5,6). The number of benzene rings is 3. The number of nitrogens with zero attached hydrogens (tertiary/aromatic N) is 1. The van der Waals surface area contributed by atoms with Gasteiger partial charge in [-0.2, -0.15) is 0 Å². The number of aliphatic carboxylic acids is 2. The fraction of sp³-hybridized carbons (Fsp3) is 0.231. The maximum absolute atomic E-state index is 9.71. The predicted molar refractivity (Wildman–Crippen MR) is 125 cm³/mol. The zero-order valence-corrected chi connectivity index (χ0v) is 18.3. The van der Waals surface area contributed by atoms with Crippen LogP contribution in [0.5, 0.6) is 11.5 Å². The number of rotatable bonds is 9. The number of carboxylic acid groups (broad SMARTS) is 2. The second-order valence-corrected chi connectivity index (χ2v) is 7.50. The van der Waals surface area contributed by atoms with Gasteiger partial charge in [0, 0.05) is 19.6 Å². The Morgan fingerprint density at radius 2 is 1.00 bits per heavy atom. The zero-order valence-electron chi connectivity index (χ0n) is 18.3. The van der Waals surface area contributed by atoms with Crippen molar-refractivity contribution in [3.8, 4) is 11.5 Å². The summed E-state index contributed by atoms with van der Waals surface area (Å²) in [6.07, 6.45) is 2.89. The highest BCUT2D eigenvalue weighted by Crippen LogP contribution is 2.25. The molecule has 0 aromatic heterocycles. The molecule has 0 saturated heterocycles. The molecule has 3 aromatic rings. The van der Waals surface area contributed by atoms with E-state index in [1.54, 1.807) is 12.1 Å². The smallest absolute Gasteiger partial charge is 0.414 e. The van der Waals surface area contributed by atoms with E-state index in [0.717, 1.165) is 44.5 Å². The van der Waals surface area contributed by atoms with Crippen molar-refractivity contribution in [3.05, 3.63) is 95.6 Å². The Bertz CT molecular complexity index is 952. The van der Waals surface area contributed by atoms with E-state index in [2.05, 4.69) is 53.4 Å². The summed E-state index contributed by atoms with van der Waals surface area (Å²) in [6.45, 7) is 2.92. The molecule has 0 amide bonds. The van der Waals surface area contributed by atoms with Crippen molar-refractivity contribution in [2.45, 2.75) is 19.3 Å². The number of phenolic OH excluding ortho intramolecular Hbond substituents is 2. The minimum Gasteiger partial charge on any atom is -0.504 e. The minimum atomic E-state index is -1.82. The van der Waals surface area contributed by atoms with Crippen LogP contribution in [0.15, 0.2) is 78.9 Å². The molecule has 0 heterocycles. The van der Waals surface area contributed by atoms with Gasteiger partial charge in [-0.05, 0) is 48.1 Å². The van der Waals surface area contributed by atoms with Crippen molar-refractivity contribution in [1.29, 1.82) is 0 Å². The van der Waals surface area contributed by atoms with Crippen molar-refractivity contribution in [2.24, 2.45) is 0 Å². The molecule has 33 heavy (non-hydrogen) atoms. The van der Waals surface area contributed by atoms with Gasteiger partial charge >= 0.3 is 11.9 Å². The number of phenols is 2. The molecule has 0 saturated carbocycles. The molecule has 0 fully saturated rings. The number of carbonyl (C=O) groups is 2. The first-order chi connectivity index (χ1) is 15.8. The van der Waals surface area contributed by atoms with Crippen LogP contribution in [0, 0.1) is 0 Å². The Morgan fingerprint density at radius 3 is 1.39 bits per heavy atom. The summed E-state index contributed by atoms with van der Waals surface area (Å²) in [7, 11) is 0. The Labute approximate surface area is 193 Å². The molecule has 0 unspecified atom stereocenters. The van der Waals surface area contributed by atoms with E-state index in [9.17, 15) is 10.2 Å². The third kappa shape index (κ3) is 9.88. The number of hydrogen-bond donors (Lipinski definition) is 4. The fourth-order valence-corrected chi connectivity index (χ4v) is 3.21. The third-order valence-corrected chi connectivity index (χ3v) is 5.06. The lowest BCUT2D eigenvalue weighted by molar-refractivity contribution is -0.159. The summed E-state index contributed by atoms with van der Waals surface area (Å²) in [5, 5.41) is 34.0. The van der Waals surface area contributed by atoms with Crippen LogP contribution in [0.4, 0.5) is 0 Å². The lowest BCUT2D eigenvalue weighted by Crippen LogP contribution is -2.30. The number of hydrogen-bond acceptors (Lipinski definition) is 5. The normalized spacial score (nSPS) is 10.3. The molecule has 0 spiro atoms. The zero-order chi connectivity index (χ0) is 24.1. The number of carboxylic acids is 2. The quantitative estimate of drug-likeness (QED) is 0.290. The van der Waals surface area contributed by atoms with Gasteiger partial charge < -0.3 is 25.3 Å². The van der Waals surface area contributed by atoms with E-state index >= 15 is 0 Å². The summed E-state index contributed by atoms with van der Waals surface area (Å²) in [5.74, 6) is -3.76.